The minimum absolute atomic E-state index is 0.00783. The number of hydrogen-bond donors (Lipinski definition) is 2. The minimum Gasteiger partial charge on any atom is -0.478 e. The van der Waals surface area contributed by atoms with Crippen molar-refractivity contribution in [1.29, 1.82) is 0 Å². The highest BCUT2D eigenvalue weighted by Crippen LogP contribution is 2.25. The molecule has 128 valence electrons. The fourth-order valence-corrected chi connectivity index (χ4v) is 2.99. The van der Waals surface area contributed by atoms with E-state index in [0.29, 0.717) is 0 Å². The number of aromatic carboxylic acids is 1. The maximum Gasteiger partial charge on any atom is 0.339 e. The van der Waals surface area contributed by atoms with Gasteiger partial charge in [0, 0.05) is 13.2 Å². The van der Waals surface area contributed by atoms with Gasteiger partial charge in [0.2, 0.25) is 0 Å². The zero-order chi connectivity index (χ0) is 17.7. The van der Waals surface area contributed by atoms with Crippen LogP contribution in [0.3, 0.4) is 0 Å². The molecule has 7 nitrogen and oxygen atoms in total. The van der Waals surface area contributed by atoms with E-state index in [1.165, 1.54) is 37.4 Å². The molecule has 0 amide bonds. The maximum absolute atomic E-state index is 12.4. The van der Waals surface area contributed by atoms with Crippen LogP contribution in [0.5, 0.6) is 5.75 Å². The Morgan fingerprint density at radius 1 is 1.17 bits per heavy atom. The van der Waals surface area contributed by atoms with E-state index in [4.69, 9.17) is 14.6 Å². The molecule has 0 aliphatic heterocycles. The van der Waals surface area contributed by atoms with Gasteiger partial charge < -0.3 is 14.6 Å². The first-order valence-electron chi connectivity index (χ1n) is 6.92. The average Bonchev–Trinajstić information content (AvgIpc) is 2.52. The molecule has 0 spiro atoms. The molecular formula is C16H17NO6S. The quantitative estimate of drug-likeness (QED) is 0.743. The van der Waals surface area contributed by atoms with Crippen LogP contribution in [0.1, 0.15) is 15.9 Å². The number of nitrogens with one attached hydrogen (secondary N) is 1. The number of anilines is 1. The summed E-state index contributed by atoms with van der Waals surface area (Å²) in [5.41, 5.74) is 1.03. The molecule has 2 rings (SSSR count). The van der Waals surface area contributed by atoms with E-state index in [1.54, 1.807) is 12.1 Å². The zero-order valence-electron chi connectivity index (χ0n) is 13.1. The van der Waals surface area contributed by atoms with Gasteiger partial charge in [0.15, 0.2) is 6.79 Å². The molecular weight excluding hydrogens is 334 g/mol. The first-order valence-corrected chi connectivity index (χ1v) is 8.40. The third-order valence-electron chi connectivity index (χ3n) is 3.13. The fourth-order valence-electron chi connectivity index (χ4n) is 1.94. The van der Waals surface area contributed by atoms with Crippen molar-refractivity contribution in [2.45, 2.75) is 11.8 Å². The predicted molar refractivity (Wildman–Crippen MR) is 87.9 cm³/mol. The molecule has 2 aromatic carbocycles. The second-order valence-corrected chi connectivity index (χ2v) is 6.67. The van der Waals surface area contributed by atoms with Gasteiger partial charge in [-0.3, -0.25) is 4.72 Å². The minimum atomic E-state index is -3.78. The van der Waals surface area contributed by atoms with E-state index in [9.17, 15) is 13.2 Å². The van der Waals surface area contributed by atoms with Crippen LogP contribution in [-0.2, 0) is 14.8 Å². The predicted octanol–water partition coefficient (Wildman–Crippen LogP) is 2.48. The number of carboxylic acid groups (broad SMARTS) is 1. The number of methoxy groups -OCH3 is 1. The van der Waals surface area contributed by atoms with E-state index in [0.717, 1.165) is 5.56 Å². The van der Waals surface area contributed by atoms with Crippen LogP contribution in [0.15, 0.2) is 47.4 Å². The standard InChI is InChI=1S/C16H17NO6S/c1-11-3-6-13(7-4-11)24(20,21)17-12-5-8-14(16(18)19)15(9-12)23-10-22-2/h3-9,17H,10H2,1-2H3,(H,18,19). The van der Waals surface area contributed by atoms with Gasteiger partial charge in [-0.1, -0.05) is 17.7 Å². The van der Waals surface area contributed by atoms with Crippen LogP contribution in [-0.4, -0.2) is 33.4 Å². The Hall–Kier alpha value is -2.58. The monoisotopic (exact) mass is 351 g/mol. The number of benzene rings is 2. The molecule has 2 N–H and O–H groups in total. The van der Waals surface area contributed by atoms with Gasteiger partial charge in [-0.25, -0.2) is 13.2 Å². The first kappa shape index (κ1) is 17.8. The van der Waals surface area contributed by atoms with Gasteiger partial charge in [0.05, 0.1) is 10.6 Å². The summed E-state index contributed by atoms with van der Waals surface area (Å²) in [5.74, 6) is -1.18. The number of carbonyl (C=O) groups is 1. The summed E-state index contributed by atoms with van der Waals surface area (Å²) >= 11 is 0. The summed E-state index contributed by atoms with van der Waals surface area (Å²) in [6, 6.07) is 10.3. The van der Waals surface area contributed by atoms with Crippen LogP contribution in [0.4, 0.5) is 5.69 Å². The lowest BCUT2D eigenvalue weighted by Crippen LogP contribution is -2.13. The SMILES string of the molecule is COCOc1cc(NS(=O)(=O)c2ccc(C)cc2)ccc1C(=O)O. The summed E-state index contributed by atoms with van der Waals surface area (Å²) in [6.07, 6.45) is 0. The number of hydrogen-bond acceptors (Lipinski definition) is 5. The molecule has 0 aliphatic carbocycles. The van der Waals surface area contributed by atoms with Gasteiger partial charge in [0.1, 0.15) is 11.3 Å². The summed E-state index contributed by atoms with van der Waals surface area (Å²) in [7, 11) is -2.39. The van der Waals surface area contributed by atoms with E-state index in [-0.39, 0.29) is 28.7 Å². The van der Waals surface area contributed by atoms with Crippen LogP contribution in [0.25, 0.3) is 0 Å². The van der Waals surface area contributed by atoms with Crippen molar-refractivity contribution in [2.75, 3.05) is 18.6 Å². The van der Waals surface area contributed by atoms with Crippen molar-refractivity contribution in [3.8, 4) is 5.75 Å². The molecule has 0 radical (unpaired) electrons. The first-order chi connectivity index (χ1) is 11.3. The Morgan fingerprint density at radius 2 is 1.83 bits per heavy atom. The van der Waals surface area contributed by atoms with Crippen molar-refractivity contribution in [3.05, 3.63) is 53.6 Å². The third kappa shape index (κ3) is 4.24. The highest BCUT2D eigenvalue weighted by atomic mass is 32.2. The average molecular weight is 351 g/mol. The Morgan fingerprint density at radius 3 is 2.42 bits per heavy atom. The number of aryl methyl sites for hydroxylation is 1. The summed E-state index contributed by atoms with van der Waals surface area (Å²) in [4.78, 5) is 11.3. The summed E-state index contributed by atoms with van der Waals surface area (Å²) in [6.45, 7) is 1.70. The van der Waals surface area contributed by atoms with Crippen LogP contribution < -0.4 is 9.46 Å². The third-order valence-corrected chi connectivity index (χ3v) is 4.52. The molecule has 0 aromatic heterocycles. The Balaban J connectivity index is 2.31. The molecule has 8 heteroatoms. The van der Waals surface area contributed by atoms with Crippen LogP contribution >= 0.6 is 0 Å². The Bertz CT molecular complexity index is 830. The highest BCUT2D eigenvalue weighted by Gasteiger charge is 2.17. The van der Waals surface area contributed by atoms with Gasteiger partial charge in [0.25, 0.3) is 10.0 Å². The Kier molecular flexibility index (Phi) is 5.42. The second kappa shape index (κ2) is 7.33. The molecule has 2 aromatic rings. The fraction of sp³-hybridized carbons (Fsp3) is 0.188. The number of ether oxygens (including phenoxy) is 2. The molecule has 0 saturated heterocycles. The van der Waals surface area contributed by atoms with Crippen molar-refractivity contribution in [2.24, 2.45) is 0 Å². The van der Waals surface area contributed by atoms with E-state index < -0.39 is 16.0 Å². The van der Waals surface area contributed by atoms with Crippen molar-refractivity contribution >= 4 is 21.7 Å². The molecule has 0 bridgehead atoms. The van der Waals surface area contributed by atoms with Crippen molar-refractivity contribution in [1.82, 2.24) is 0 Å². The maximum atomic E-state index is 12.4. The van der Waals surface area contributed by atoms with Crippen LogP contribution in [0.2, 0.25) is 0 Å². The smallest absolute Gasteiger partial charge is 0.339 e. The van der Waals surface area contributed by atoms with E-state index in [2.05, 4.69) is 4.72 Å². The molecule has 0 atom stereocenters. The number of sulfonamides is 1. The second-order valence-electron chi connectivity index (χ2n) is 4.99. The van der Waals surface area contributed by atoms with Crippen molar-refractivity contribution < 1.29 is 27.8 Å². The lowest BCUT2D eigenvalue weighted by Gasteiger charge is -2.12. The summed E-state index contributed by atoms with van der Waals surface area (Å²) in [5, 5.41) is 9.13. The normalized spacial score (nSPS) is 11.1. The topological polar surface area (TPSA) is 102 Å². The van der Waals surface area contributed by atoms with Crippen LogP contribution in [0, 0.1) is 6.92 Å². The Labute approximate surface area is 139 Å². The molecule has 0 unspecified atom stereocenters. The van der Waals surface area contributed by atoms with Gasteiger partial charge in [-0.2, -0.15) is 0 Å². The van der Waals surface area contributed by atoms with Gasteiger partial charge >= 0.3 is 5.97 Å². The molecule has 24 heavy (non-hydrogen) atoms. The lowest BCUT2D eigenvalue weighted by molar-refractivity contribution is 0.0484. The molecule has 0 fully saturated rings. The van der Waals surface area contributed by atoms with E-state index >= 15 is 0 Å². The zero-order valence-corrected chi connectivity index (χ0v) is 14.0. The highest BCUT2D eigenvalue weighted by molar-refractivity contribution is 7.92. The van der Waals surface area contributed by atoms with E-state index in [1.807, 2.05) is 6.92 Å². The molecule has 0 aliphatic rings. The lowest BCUT2D eigenvalue weighted by atomic mass is 10.2. The molecule has 0 saturated carbocycles. The van der Waals surface area contributed by atoms with Crippen molar-refractivity contribution in [3.63, 3.8) is 0 Å². The number of carboxylic acids is 1. The molecule has 0 heterocycles. The van der Waals surface area contributed by atoms with Gasteiger partial charge in [-0.05, 0) is 31.2 Å². The largest absolute Gasteiger partial charge is 0.478 e. The van der Waals surface area contributed by atoms with Gasteiger partial charge in [-0.15, -0.1) is 0 Å². The summed E-state index contributed by atoms with van der Waals surface area (Å²) < 4.78 is 37.1. The number of rotatable bonds is 7.